The van der Waals surface area contributed by atoms with Crippen LogP contribution in [-0.2, 0) is 17.8 Å². The van der Waals surface area contributed by atoms with Crippen LogP contribution >= 0.6 is 0 Å². The van der Waals surface area contributed by atoms with Gasteiger partial charge in [-0.25, -0.2) is 4.79 Å². The second kappa shape index (κ2) is 7.51. The molecule has 0 radical (unpaired) electrons. The number of fused-ring (bicyclic) bond motifs is 2. The van der Waals surface area contributed by atoms with Gasteiger partial charge in [-0.1, -0.05) is 13.0 Å². The standard InChI is InChI=1S/C11H13NO2.C10H7N3O3/c1-3-8-9(13)5-4-7-6-12(2)11(14)10(7)8;14-9-8(12-10(15)13-9)7-4-5-6(16-7)2-1-3-11-5/h4-5,13H,3,6H2,1-2H3;1-4,8H,(H2,12,13,14,15). The lowest BCUT2D eigenvalue weighted by Crippen LogP contribution is -2.22. The lowest BCUT2D eigenvalue weighted by atomic mass is 10.0. The van der Waals surface area contributed by atoms with Crippen LogP contribution in [0.2, 0.25) is 0 Å². The number of carbonyl (C=O) groups is 3. The van der Waals surface area contributed by atoms with Crippen molar-refractivity contribution in [1.82, 2.24) is 20.5 Å². The van der Waals surface area contributed by atoms with Gasteiger partial charge in [0.05, 0.1) is 5.56 Å². The molecule has 0 saturated carbocycles. The fourth-order valence-electron chi connectivity index (χ4n) is 3.61. The first-order chi connectivity index (χ1) is 14.4. The summed E-state index contributed by atoms with van der Waals surface area (Å²) in [5, 5.41) is 14.2. The van der Waals surface area contributed by atoms with Crippen molar-refractivity contribution in [3.63, 3.8) is 0 Å². The molecule has 1 unspecified atom stereocenters. The van der Waals surface area contributed by atoms with E-state index in [0.29, 0.717) is 35.4 Å². The van der Waals surface area contributed by atoms with Gasteiger partial charge in [-0.15, -0.1) is 0 Å². The van der Waals surface area contributed by atoms with Crippen LogP contribution in [0.3, 0.4) is 0 Å². The maximum atomic E-state index is 11.7. The van der Waals surface area contributed by atoms with Crippen LogP contribution in [0.15, 0.2) is 40.9 Å². The maximum absolute atomic E-state index is 11.7. The number of benzene rings is 1. The third kappa shape index (κ3) is 3.34. The predicted molar refractivity (Wildman–Crippen MR) is 107 cm³/mol. The minimum absolute atomic E-state index is 0.0211. The van der Waals surface area contributed by atoms with Gasteiger partial charge in [-0.3, -0.25) is 19.9 Å². The number of aromatic nitrogens is 1. The number of phenolic OH excluding ortho intramolecular Hbond substituents is 1. The summed E-state index contributed by atoms with van der Waals surface area (Å²) in [6, 6.07) is 7.36. The quantitative estimate of drug-likeness (QED) is 0.559. The van der Waals surface area contributed by atoms with Crippen LogP contribution in [-0.4, -0.2) is 39.9 Å². The van der Waals surface area contributed by atoms with Gasteiger partial charge in [-0.2, -0.15) is 0 Å². The molecule has 3 aromatic rings. The number of hydrogen-bond acceptors (Lipinski definition) is 6. The average Bonchev–Trinajstić information content (AvgIpc) is 3.38. The monoisotopic (exact) mass is 408 g/mol. The highest BCUT2D eigenvalue weighted by Gasteiger charge is 2.33. The number of nitrogens with one attached hydrogen (secondary N) is 2. The number of furan rings is 1. The molecule has 3 N–H and O–H groups in total. The van der Waals surface area contributed by atoms with E-state index >= 15 is 0 Å². The van der Waals surface area contributed by atoms with E-state index in [2.05, 4.69) is 15.6 Å². The van der Waals surface area contributed by atoms with Gasteiger partial charge >= 0.3 is 6.03 Å². The number of rotatable bonds is 2. The SMILES string of the molecule is CCc1c(O)ccc2c1C(=O)N(C)C2.O=C1NC(=O)C(c2cc3ncccc3o2)N1. The van der Waals surface area contributed by atoms with E-state index in [1.54, 1.807) is 42.4 Å². The second-order valence-corrected chi connectivity index (χ2v) is 7.04. The van der Waals surface area contributed by atoms with E-state index in [1.807, 2.05) is 13.0 Å². The summed E-state index contributed by atoms with van der Waals surface area (Å²) in [5.41, 5.74) is 3.75. The summed E-state index contributed by atoms with van der Waals surface area (Å²) < 4.78 is 5.43. The highest BCUT2D eigenvalue weighted by atomic mass is 16.3. The molecule has 5 rings (SSSR count). The molecule has 2 aliphatic rings. The Morgan fingerprint density at radius 2 is 2.07 bits per heavy atom. The molecule has 4 amide bonds. The molecule has 1 aromatic carbocycles. The summed E-state index contributed by atoms with van der Waals surface area (Å²) in [7, 11) is 1.78. The Hall–Kier alpha value is -3.88. The van der Waals surface area contributed by atoms with Gasteiger partial charge in [0.15, 0.2) is 11.6 Å². The molecule has 9 heteroatoms. The van der Waals surface area contributed by atoms with Crippen LogP contribution in [0.4, 0.5) is 4.79 Å². The van der Waals surface area contributed by atoms with E-state index < -0.39 is 18.0 Å². The molecule has 0 spiro atoms. The fourth-order valence-corrected chi connectivity index (χ4v) is 3.61. The van der Waals surface area contributed by atoms with E-state index in [-0.39, 0.29) is 11.7 Å². The Bertz CT molecular complexity index is 1140. The van der Waals surface area contributed by atoms with Crippen LogP contribution < -0.4 is 10.6 Å². The Balaban J connectivity index is 0.000000147. The Labute approximate surface area is 171 Å². The molecule has 9 nitrogen and oxygen atoms in total. The highest BCUT2D eigenvalue weighted by Crippen LogP contribution is 2.31. The number of carbonyl (C=O) groups excluding carboxylic acids is 3. The second-order valence-electron chi connectivity index (χ2n) is 7.04. The molecule has 2 aliphatic heterocycles. The fraction of sp³-hybridized carbons (Fsp3) is 0.238. The van der Waals surface area contributed by atoms with Gasteiger partial charge in [0.2, 0.25) is 0 Å². The zero-order valence-corrected chi connectivity index (χ0v) is 16.4. The topological polar surface area (TPSA) is 125 Å². The van der Waals surface area contributed by atoms with Crippen molar-refractivity contribution in [2.24, 2.45) is 0 Å². The summed E-state index contributed by atoms with van der Waals surface area (Å²) in [6.45, 7) is 2.60. The van der Waals surface area contributed by atoms with Crippen molar-refractivity contribution in [3.8, 4) is 5.75 Å². The summed E-state index contributed by atoms with van der Waals surface area (Å²) in [6.07, 6.45) is 2.32. The molecule has 30 heavy (non-hydrogen) atoms. The van der Waals surface area contributed by atoms with Crippen LogP contribution in [0.5, 0.6) is 5.75 Å². The normalized spacial score (nSPS) is 17.5. The van der Waals surface area contributed by atoms with Crippen molar-refractivity contribution in [2.45, 2.75) is 25.9 Å². The lowest BCUT2D eigenvalue weighted by molar-refractivity contribution is -0.120. The number of nitrogens with zero attached hydrogens (tertiary/aromatic N) is 2. The number of urea groups is 1. The van der Waals surface area contributed by atoms with Crippen LogP contribution in [0.1, 0.15) is 40.2 Å². The van der Waals surface area contributed by atoms with Gasteiger partial charge in [0, 0.05) is 31.4 Å². The summed E-state index contributed by atoms with van der Waals surface area (Å²) >= 11 is 0. The van der Waals surface area contributed by atoms with Gasteiger partial charge in [0.25, 0.3) is 11.8 Å². The van der Waals surface area contributed by atoms with Gasteiger partial charge in [0.1, 0.15) is 17.0 Å². The molecular formula is C21H20N4O5. The van der Waals surface area contributed by atoms with E-state index in [0.717, 1.165) is 11.1 Å². The molecule has 1 saturated heterocycles. The largest absolute Gasteiger partial charge is 0.508 e. The van der Waals surface area contributed by atoms with Crippen LogP contribution in [0.25, 0.3) is 11.1 Å². The minimum atomic E-state index is -0.762. The number of phenols is 1. The molecule has 1 fully saturated rings. The van der Waals surface area contributed by atoms with Crippen molar-refractivity contribution in [1.29, 1.82) is 0 Å². The number of amides is 4. The molecule has 1 atom stereocenters. The molecule has 154 valence electrons. The van der Waals surface area contributed by atoms with Crippen molar-refractivity contribution in [2.75, 3.05) is 7.05 Å². The Morgan fingerprint density at radius 1 is 1.27 bits per heavy atom. The Kier molecular flexibility index (Phi) is 4.86. The van der Waals surface area contributed by atoms with Crippen molar-refractivity contribution >= 4 is 28.9 Å². The summed E-state index contributed by atoms with van der Waals surface area (Å²) in [5.74, 6) is 0.226. The van der Waals surface area contributed by atoms with Crippen molar-refractivity contribution < 1.29 is 23.9 Å². The zero-order chi connectivity index (χ0) is 21.4. The first-order valence-corrected chi connectivity index (χ1v) is 9.44. The molecule has 2 aromatic heterocycles. The minimum Gasteiger partial charge on any atom is -0.508 e. The van der Waals surface area contributed by atoms with Crippen molar-refractivity contribution in [3.05, 3.63) is 59.0 Å². The molecule has 0 bridgehead atoms. The number of hydrogen-bond donors (Lipinski definition) is 3. The first kappa shape index (κ1) is 19.4. The van der Waals surface area contributed by atoms with Crippen LogP contribution in [0, 0.1) is 0 Å². The van der Waals surface area contributed by atoms with Gasteiger partial charge in [-0.05, 0) is 30.2 Å². The number of imide groups is 1. The number of pyridine rings is 1. The summed E-state index contributed by atoms with van der Waals surface area (Å²) in [4.78, 5) is 39.8. The maximum Gasteiger partial charge on any atom is 0.322 e. The third-order valence-electron chi connectivity index (χ3n) is 5.06. The molecular weight excluding hydrogens is 388 g/mol. The number of aromatic hydroxyl groups is 1. The Morgan fingerprint density at radius 3 is 2.73 bits per heavy atom. The van der Waals surface area contributed by atoms with E-state index in [1.165, 1.54) is 0 Å². The first-order valence-electron chi connectivity index (χ1n) is 9.44. The lowest BCUT2D eigenvalue weighted by Gasteiger charge is -2.07. The van der Waals surface area contributed by atoms with E-state index in [9.17, 15) is 19.5 Å². The van der Waals surface area contributed by atoms with E-state index in [4.69, 9.17) is 4.42 Å². The molecule has 0 aliphatic carbocycles. The smallest absolute Gasteiger partial charge is 0.322 e. The average molecular weight is 408 g/mol. The zero-order valence-electron chi connectivity index (χ0n) is 16.4. The van der Waals surface area contributed by atoms with Gasteiger partial charge < -0.3 is 19.7 Å². The highest BCUT2D eigenvalue weighted by molar-refractivity contribution is 6.04. The third-order valence-corrected chi connectivity index (χ3v) is 5.06. The molecule has 4 heterocycles. The predicted octanol–water partition coefficient (Wildman–Crippen LogP) is 2.25.